The lowest BCUT2D eigenvalue weighted by molar-refractivity contribution is 0.283. The molecule has 3 heteroatoms. The third-order valence-electron chi connectivity index (χ3n) is 1.18. The third kappa shape index (κ3) is 5.76. The van der Waals surface area contributed by atoms with Gasteiger partial charge in [0.15, 0.2) is 0 Å². The van der Waals surface area contributed by atoms with E-state index >= 15 is 0 Å². The van der Waals surface area contributed by atoms with Gasteiger partial charge < -0.3 is 16.2 Å². The highest BCUT2D eigenvalue weighted by Gasteiger charge is 1.93. The number of nitrogens with one attached hydrogen (secondary N) is 1. The van der Waals surface area contributed by atoms with Crippen LogP contribution in [0.1, 0.15) is 19.8 Å². The summed E-state index contributed by atoms with van der Waals surface area (Å²) in [6, 6.07) is 0. The van der Waals surface area contributed by atoms with Crippen molar-refractivity contribution >= 4 is 0 Å². The molecule has 56 valence electrons. The standard InChI is InChI=1S/C6H16N2O/c1-2-6(7)8-4-3-5-9/h6,8-9H,2-5,7H2,1H3. The quantitative estimate of drug-likeness (QED) is 0.354. The molecule has 0 spiro atoms. The summed E-state index contributed by atoms with van der Waals surface area (Å²) in [5.74, 6) is 0. The molecule has 1 unspecified atom stereocenters. The molecule has 0 aromatic heterocycles. The number of nitrogens with two attached hydrogens (primary N) is 1. The van der Waals surface area contributed by atoms with Crippen molar-refractivity contribution in [1.82, 2.24) is 5.32 Å². The Morgan fingerprint density at radius 1 is 1.67 bits per heavy atom. The van der Waals surface area contributed by atoms with Crippen LogP contribution in [0.25, 0.3) is 0 Å². The minimum absolute atomic E-state index is 0.0940. The van der Waals surface area contributed by atoms with Crippen molar-refractivity contribution < 1.29 is 5.11 Å². The van der Waals surface area contributed by atoms with Crippen LogP contribution in [-0.4, -0.2) is 24.4 Å². The summed E-state index contributed by atoms with van der Waals surface area (Å²) in [4.78, 5) is 0. The summed E-state index contributed by atoms with van der Waals surface area (Å²) in [6.45, 7) is 3.07. The summed E-state index contributed by atoms with van der Waals surface area (Å²) < 4.78 is 0. The average Bonchev–Trinajstić information content (AvgIpc) is 1.89. The van der Waals surface area contributed by atoms with Crippen LogP contribution in [0, 0.1) is 0 Å². The van der Waals surface area contributed by atoms with E-state index in [1.165, 1.54) is 0 Å². The molecule has 0 heterocycles. The molecule has 1 atom stereocenters. The molecule has 0 aliphatic rings. The smallest absolute Gasteiger partial charge is 0.0543 e. The van der Waals surface area contributed by atoms with Crippen molar-refractivity contribution in [3.8, 4) is 0 Å². The number of hydrogen-bond donors (Lipinski definition) is 3. The molecule has 0 aromatic carbocycles. The first-order valence-corrected chi connectivity index (χ1v) is 3.41. The van der Waals surface area contributed by atoms with Crippen molar-refractivity contribution in [2.75, 3.05) is 13.2 Å². The summed E-state index contributed by atoms with van der Waals surface area (Å²) in [5, 5.41) is 11.4. The number of hydrogen-bond acceptors (Lipinski definition) is 3. The highest BCUT2D eigenvalue weighted by molar-refractivity contribution is 4.54. The molecule has 4 N–H and O–H groups in total. The van der Waals surface area contributed by atoms with Crippen molar-refractivity contribution in [1.29, 1.82) is 0 Å². The Bertz CT molecular complexity index is 59.0. The average molecular weight is 132 g/mol. The Labute approximate surface area is 56.2 Å². The van der Waals surface area contributed by atoms with Gasteiger partial charge in [0.1, 0.15) is 0 Å². The fourth-order valence-corrected chi connectivity index (χ4v) is 0.511. The van der Waals surface area contributed by atoms with E-state index < -0.39 is 0 Å². The normalized spacial score (nSPS) is 13.7. The van der Waals surface area contributed by atoms with Crippen molar-refractivity contribution in [3.05, 3.63) is 0 Å². The van der Waals surface area contributed by atoms with Gasteiger partial charge in [0.25, 0.3) is 0 Å². The predicted molar refractivity (Wildman–Crippen MR) is 38.0 cm³/mol. The molecule has 0 radical (unpaired) electrons. The van der Waals surface area contributed by atoms with Crippen LogP contribution in [0.15, 0.2) is 0 Å². The van der Waals surface area contributed by atoms with Gasteiger partial charge in [-0.05, 0) is 19.4 Å². The van der Waals surface area contributed by atoms with Gasteiger partial charge in [-0.15, -0.1) is 0 Å². The summed E-state index contributed by atoms with van der Waals surface area (Å²) >= 11 is 0. The van der Waals surface area contributed by atoms with Gasteiger partial charge in [-0.25, -0.2) is 0 Å². The van der Waals surface area contributed by atoms with Gasteiger partial charge in [0.05, 0.1) is 6.17 Å². The van der Waals surface area contributed by atoms with E-state index in [4.69, 9.17) is 10.8 Å². The first-order chi connectivity index (χ1) is 4.31. The van der Waals surface area contributed by atoms with E-state index in [0.717, 1.165) is 19.4 Å². The number of rotatable bonds is 5. The molecule has 0 aliphatic heterocycles. The molecule has 0 rings (SSSR count). The Kier molecular flexibility index (Phi) is 5.93. The van der Waals surface area contributed by atoms with Crippen LogP contribution >= 0.6 is 0 Å². The summed E-state index contributed by atoms with van der Waals surface area (Å²) in [5.41, 5.74) is 5.52. The fraction of sp³-hybridized carbons (Fsp3) is 1.00. The van der Waals surface area contributed by atoms with E-state index in [1.54, 1.807) is 0 Å². The lowest BCUT2D eigenvalue weighted by Gasteiger charge is -2.09. The Balaban J connectivity index is 2.88. The Hall–Kier alpha value is -0.120. The van der Waals surface area contributed by atoms with Gasteiger partial charge in [-0.2, -0.15) is 0 Å². The molecule has 3 nitrogen and oxygen atoms in total. The van der Waals surface area contributed by atoms with Gasteiger partial charge in [0.2, 0.25) is 0 Å². The van der Waals surface area contributed by atoms with Crippen molar-refractivity contribution in [2.24, 2.45) is 5.73 Å². The third-order valence-corrected chi connectivity index (χ3v) is 1.18. The largest absolute Gasteiger partial charge is 0.396 e. The molecule has 0 amide bonds. The molecule has 0 saturated heterocycles. The molecule has 0 bridgehead atoms. The number of aliphatic hydroxyl groups is 1. The maximum Gasteiger partial charge on any atom is 0.0543 e. The molecule has 9 heavy (non-hydrogen) atoms. The fourth-order valence-electron chi connectivity index (χ4n) is 0.511. The SMILES string of the molecule is CCC(N)NCCCO. The van der Waals surface area contributed by atoms with Crippen molar-refractivity contribution in [3.63, 3.8) is 0 Å². The zero-order valence-corrected chi connectivity index (χ0v) is 5.93. The van der Waals surface area contributed by atoms with Crippen LogP contribution in [0.4, 0.5) is 0 Å². The molecule has 0 aromatic rings. The maximum atomic E-state index is 8.37. The second-order valence-electron chi connectivity index (χ2n) is 2.05. The van der Waals surface area contributed by atoms with E-state index in [1.807, 2.05) is 6.92 Å². The molecule has 0 saturated carbocycles. The van der Waals surface area contributed by atoms with Crippen LogP contribution in [0.2, 0.25) is 0 Å². The summed E-state index contributed by atoms with van der Waals surface area (Å²) in [6.07, 6.45) is 1.82. The van der Waals surface area contributed by atoms with Gasteiger partial charge >= 0.3 is 0 Å². The first-order valence-electron chi connectivity index (χ1n) is 3.41. The van der Waals surface area contributed by atoms with Crippen LogP contribution in [-0.2, 0) is 0 Å². The minimum atomic E-state index is 0.0940. The number of aliphatic hydroxyl groups excluding tert-OH is 1. The van der Waals surface area contributed by atoms with Crippen LogP contribution in [0.5, 0.6) is 0 Å². The van der Waals surface area contributed by atoms with Gasteiger partial charge in [-0.3, -0.25) is 0 Å². The zero-order chi connectivity index (χ0) is 7.11. The van der Waals surface area contributed by atoms with Crippen molar-refractivity contribution in [2.45, 2.75) is 25.9 Å². The molecule has 0 fully saturated rings. The minimum Gasteiger partial charge on any atom is -0.396 e. The monoisotopic (exact) mass is 132 g/mol. The zero-order valence-electron chi connectivity index (χ0n) is 5.93. The van der Waals surface area contributed by atoms with E-state index in [9.17, 15) is 0 Å². The topological polar surface area (TPSA) is 58.3 Å². The van der Waals surface area contributed by atoms with E-state index in [2.05, 4.69) is 5.32 Å². The lowest BCUT2D eigenvalue weighted by atomic mass is 10.3. The maximum absolute atomic E-state index is 8.37. The second-order valence-corrected chi connectivity index (χ2v) is 2.05. The highest BCUT2D eigenvalue weighted by atomic mass is 16.3. The second kappa shape index (κ2) is 6.01. The van der Waals surface area contributed by atoms with Gasteiger partial charge in [-0.1, -0.05) is 6.92 Å². The van der Waals surface area contributed by atoms with Crippen LogP contribution < -0.4 is 11.1 Å². The molecule has 0 aliphatic carbocycles. The Morgan fingerprint density at radius 2 is 2.33 bits per heavy atom. The van der Waals surface area contributed by atoms with Gasteiger partial charge in [0, 0.05) is 6.61 Å². The van der Waals surface area contributed by atoms with E-state index in [-0.39, 0.29) is 12.8 Å². The van der Waals surface area contributed by atoms with E-state index in [0.29, 0.717) is 0 Å². The lowest BCUT2D eigenvalue weighted by Crippen LogP contribution is -2.37. The molecular formula is C6H16N2O. The Morgan fingerprint density at radius 3 is 2.78 bits per heavy atom. The highest BCUT2D eigenvalue weighted by Crippen LogP contribution is 1.80. The summed E-state index contributed by atoms with van der Waals surface area (Å²) in [7, 11) is 0. The predicted octanol–water partition coefficient (Wildman–Crippen LogP) is -0.347. The first kappa shape index (κ1) is 8.88. The molecular weight excluding hydrogens is 116 g/mol. The van der Waals surface area contributed by atoms with Crippen LogP contribution in [0.3, 0.4) is 0 Å².